The van der Waals surface area contributed by atoms with Crippen LogP contribution in [0, 0.1) is 6.92 Å². The molecule has 0 radical (unpaired) electrons. The molecule has 2 amide bonds. The monoisotopic (exact) mass is 508 g/mol. The lowest BCUT2D eigenvalue weighted by atomic mass is 10.1. The molecule has 2 aromatic carbocycles. The van der Waals surface area contributed by atoms with Crippen molar-refractivity contribution in [1.29, 1.82) is 0 Å². The van der Waals surface area contributed by atoms with Crippen molar-refractivity contribution < 1.29 is 27.5 Å². The summed E-state index contributed by atoms with van der Waals surface area (Å²) in [6.07, 6.45) is 0.103. The van der Waals surface area contributed by atoms with Crippen LogP contribution >= 0.6 is 0 Å². The summed E-state index contributed by atoms with van der Waals surface area (Å²) in [5, 5.41) is 3.09. The molecule has 37 heavy (non-hydrogen) atoms. The molecule has 188 valence electrons. The third-order valence-electron chi connectivity index (χ3n) is 5.00. The SMILES string of the molecule is Cc1ccc(C(=O)NNC(=O)c2ccc(OC(F)(F)F)cc2)cc1Nc1nccc(-c2cccnc2)n1. The van der Waals surface area contributed by atoms with Crippen molar-refractivity contribution >= 4 is 23.5 Å². The molecular formula is C25H19F3N6O3. The number of hydrogen-bond donors (Lipinski definition) is 3. The minimum absolute atomic E-state index is 0.0201. The third-order valence-corrected chi connectivity index (χ3v) is 5.00. The molecule has 0 saturated carbocycles. The predicted molar refractivity (Wildman–Crippen MR) is 128 cm³/mol. The molecule has 12 heteroatoms. The molecule has 0 spiro atoms. The molecule has 0 unspecified atom stereocenters. The topological polar surface area (TPSA) is 118 Å². The summed E-state index contributed by atoms with van der Waals surface area (Å²) in [6.45, 7) is 1.84. The minimum Gasteiger partial charge on any atom is -0.406 e. The van der Waals surface area contributed by atoms with Crippen LogP contribution in [-0.2, 0) is 0 Å². The zero-order valence-electron chi connectivity index (χ0n) is 19.2. The number of aryl methyl sites for hydroxylation is 1. The van der Waals surface area contributed by atoms with E-state index >= 15 is 0 Å². The number of hydrazine groups is 1. The highest BCUT2D eigenvalue weighted by Gasteiger charge is 2.31. The van der Waals surface area contributed by atoms with Crippen LogP contribution in [-0.4, -0.2) is 33.1 Å². The van der Waals surface area contributed by atoms with Crippen LogP contribution in [0.5, 0.6) is 5.75 Å². The van der Waals surface area contributed by atoms with Gasteiger partial charge in [-0.3, -0.25) is 25.4 Å². The van der Waals surface area contributed by atoms with Crippen molar-refractivity contribution in [3.05, 3.63) is 95.9 Å². The quantitative estimate of drug-likeness (QED) is 0.327. The zero-order valence-corrected chi connectivity index (χ0v) is 19.2. The normalized spacial score (nSPS) is 10.9. The summed E-state index contributed by atoms with van der Waals surface area (Å²) in [5.74, 6) is -1.49. The molecule has 2 aromatic heterocycles. The number of nitrogens with zero attached hydrogens (tertiary/aromatic N) is 3. The van der Waals surface area contributed by atoms with Crippen LogP contribution in [0.15, 0.2) is 79.3 Å². The van der Waals surface area contributed by atoms with Crippen LogP contribution in [0.1, 0.15) is 26.3 Å². The van der Waals surface area contributed by atoms with Gasteiger partial charge in [-0.2, -0.15) is 0 Å². The standard InChI is InChI=1S/C25H19F3N6O3/c1-15-4-5-17(13-21(15)32-24-30-12-10-20(31-24)18-3-2-11-29-14-18)23(36)34-33-22(35)16-6-8-19(9-7-16)37-25(26,27)28/h2-14H,1H3,(H,33,35)(H,34,36)(H,30,31,32). The summed E-state index contributed by atoms with van der Waals surface area (Å²) in [5.41, 5.74) is 7.61. The fourth-order valence-electron chi connectivity index (χ4n) is 3.18. The van der Waals surface area contributed by atoms with Crippen LogP contribution < -0.4 is 20.9 Å². The number of halogens is 3. The van der Waals surface area contributed by atoms with Gasteiger partial charge in [-0.1, -0.05) is 6.07 Å². The Morgan fingerprint density at radius 2 is 1.59 bits per heavy atom. The van der Waals surface area contributed by atoms with Crippen LogP contribution in [0.4, 0.5) is 24.8 Å². The Morgan fingerprint density at radius 1 is 0.892 bits per heavy atom. The van der Waals surface area contributed by atoms with Crippen molar-refractivity contribution in [2.75, 3.05) is 5.32 Å². The highest BCUT2D eigenvalue weighted by Crippen LogP contribution is 2.24. The van der Waals surface area contributed by atoms with E-state index in [0.29, 0.717) is 17.3 Å². The summed E-state index contributed by atoms with van der Waals surface area (Å²) in [6, 6.07) is 14.5. The fourth-order valence-corrected chi connectivity index (χ4v) is 3.18. The Labute approximate surface area is 208 Å². The molecule has 4 aromatic rings. The number of hydrogen-bond acceptors (Lipinski definition) is 7. The molecule has 3 N–H and O–H groups in total. The average molecular weight is 508 g/mol. The van der Waals surface area contributed by atoms with Crippen LogP contribution in [0.25, 0.3) is 11.3 Å². The van der Waals surface area contributed by atoms with E-state index in [0.717, 1.165) is 35.4 Å². The number of pyridine rings is 1. The second-order valence-corrected chi connectivity index (χ2v) is 7.64. The number of amides is 2. The molecule has 2 heterocycles. The van der Waals surface area contributed by atoms with Gasteiger partial charge < -0.3 is 10.1 Å². The van der Waals surface area contributed by atoms with Gasteiger partial charge in [0.1, 0.15) is 5.75 Å². The lowest BCUT2D eigenvalue weighted by Crippen LogP contribution is -2.41. The van der Waals surface area contributed by atoms with Gasteiger partial charge in [0.15, 0.2) is 0 Å². The van der Waals surface area contributed by atoms with Gasteiger partial charge in [-0.25, -0.2) is 9.97 Å². The number of anilines is 2. The number of ether oxygens (including phenoxy) is 1. The maximum atomic E-state index is 12.6. The Kier molecular flexibility index (Phi) is 7.28. The van der Waals surface area contributed by atoms with E-state index < -0.39 is 23.9 Å². The predicted octanol–water partition coefficient (Wildman–Crippen LogP) is 4.56. The Bertz CT molecular complexity index is 1410. The molecule has 0 aliphatic carbocycles. The van der Waals surface area contributed by atoms with E-state index in [4.69, 9.17) is 0 Å². The summed E-state index contributed by atoms with van der Waals surface area (Å²) in [4.78, 5) is 37.7. The van der Waals surface area contributed by atoms with Gasteiger partial charge in [0.05, 0.1) is 5.69 Å². The summed E-state index contributed by atoms with van der Waals surface area (Å²) >= 11 is 0. The van der Waals surface area contributed by atoms with Crippen molar-refractivity contribution in [3.8, 4) is 17.0 Å². The second kappa shape index (κ2) is 10.7. The molecule has 0 fully saturated rings. The second-order valence-electron chi connectivity index (χ2n) is 7.64. The highest BCUT2D eigenvalue weighted by atomic mass is 19.4. The molecule has 4 rings (SSSR count). The van der Waals surface area contributed by atoms with Gasteiger partial charge in [0, 0.05) is 41.0 Å². The first-order valence-corrected chi connectivity index (χ1v) is 10.8. The first-order valence-electron chi connectivity index (χ1n) is 10.8. The number of carbonyl (C=O) groups is 2. The molecular weight excluding hydrogens is 489 g/mol. The van der Waals surface area contributed by atoms with Crippen LogP contribution in [0.3, 0.4) is 0 Å². The number of carbonyl (C=O) groups excluding carboxylic acids is 2. The van der Waals surface area contributed by atoms with Gasteiger partial charge in [0.2, 0.25) is 5.95 Å². The average Bonchev–Trinajstić information content (AvgIpc) is 2.88. The molecule has 0 atom stereocenters. The van der Waals surface area contributed by atoms with E-state index in [1.807, 2.05) is 13.0 Å². The van der Waals surface area contributed by atoms with Crippen molar-refractivity contribution in [3.63, 3.8) is 0 Å². The van der Waals surface area contributed by atoms with Crippen molar-refractivity contribution in [2.24, 2.45) is 0 Å². The Morgan fingerprint density at radius 3 is 2.27 bits per heavy atom. The van der Waals surface area contributed by atoms with E-state index in [2.05, 4.69) is 35.9 Å². The number of nitrogens with one attached hydrogen (secondary N) is 3. The maximum absolute atomic E-state index is 12.6. The summed E-state index contributed by atoms with van der Waals surface area (Å²) in [7, 11) is 0. The van der Waals surface area contributed by atoms with Gasteiger partial charge in [0.25, 0.3) is 11.8 Å². The van der Waals surface area contributed by atoms with Gasteiger partial charge in [-0.05, 0) is 67.1 Å². The van der Waals surface area contributed by atoms with Gasteiger partial charge >= 0.3 is 6.36 Å². The van der Waals surface area contributed by atoms with E-state index in [1.165, 1.54) is 0 Å². The summed E-state index contributed by atoms with van der Waals surface area (Å²) < 4.78 is 40.6. The molecule has 0 aliphatic rings. The first kappa shape index (κ1) is 25.1. The smallest absolute Gasteiger partial charge is 0.406 e. The number of alkyl halides is 3. The number of benzene rings is 2. The van der Waals surface area contributed by atoms with Crippen molar-refractivity contribution in [2.45, 2.75) is 13.3 Å². The Balaban J connectivity index is 1.40. The molecule has 0 saturated heterocycles. The highest BCUT2D eigenvalue weighted by molar-refractivity contribution is 5.99. The largest absolute Gasteiger partial charge is 0.573 e. The van der Waals surface area contributed by atoms with Gasteiger partial charge in [-0.15, -0.1) is 13.2 Å². The number of aromatic nitrogens is 3. The molecule has 9 nitrogen and oxygen atoms in total. The van der Waals surface area contributed by atoms with E-state index in [-0.39, 0.29) is 11.1 Å². The molecule has 0 aliphatic heterocycles. The van der Waals surface area contributed by atoms with Crippen molar-refractivity contribution in [1.82, 2.24) is 25.8 Å². The van der Waals surface area contributed by atoms with E-state index in [1.54, 1.807) is 48.9 Å². The number of rotatable bonds is 6. The lowest BCUT2D eigenvalue weighted by Gasteiger charge is -2.12. The first-order chi connectivity index (χ1) is 17.7. The van der Waals surface area contributed by atoms with Crippen LogP contribution in [0.2, 0.25) is 0 Å². The maximum Gasteiger partial charge on any atom is 0.573 e. The minimum atomic E-state index is -4.84. The zero-order chi connectivity index (χ0) is 26.4. The fraction of sp³-hybridized carbons (Fsp3) is 0.0800. The lowest BCUT2D eigenvalue weighted by molar-refractivity contribution is -0.274. The van der Waals surface area contributed by atoms with E-state index in [9.17, 15) is 22.8 Å². The third kappa shape index (κ3) is 6.78. The Hall–Kier alpha value is -5.00. The molecule has 0 bridgehead atoms.